The van der Waals surface area contributed by atoms with E-state index in [1.807, 2.05) is 31.2 Å². The molecule has 1 aromatic heterocycles. The number of carbonyl (C=O) groups is 1. The summed E-state index contributed by atoms with van der Waals surface area (Å²) in [6.07, 6.45) is 4.70. The molecule has 0 unspecified atom stereocenters. The highest BCUT2D eigenvalue weighted by molar-refractivity contribution is 5.82. The lowest BCUT2D eigenvalue weighted by Crippen LogP contribution is -2.22. The van der Waals surface area contributed by atoms with Crippen molar-refractivity contribution in [2.75, 3.05) is 6.54 Å². The average molecular weight is 288 g/mol. The summed E-state index contributed by atoms with van der Waals surface area (Å²) in [5, 5.41) is 4.05. The second-order valence-electron chi connectivity index (χ2n) is 5.38. The molecule has 0 aliphatic rings. The predicted octanol–water partition coefficient (Wildman–Crippen LogP) is 3.27. The van der Waals surface area contributed by atoms with Gasteiger partial charge in [0, 0.05) is 17.4 Å². The highest BCUT2D eigenvalue weighted by atomic mass is 16.3. The summed E-state index contributed by atoms with van der Waals surface area (Å²) in [6, 6.07) is 7.94. The molecule has 0 bridgehead atoms. The molecule has 0 atom stereocenters. The van der Waals surface area contributed by atoms with Crippen LogP contribution in [0.5, 0.6) is 0 Å². The number of aryl methyl sites for hydroxylation is 1. The molecule has 3 N–H and O–H groups in total. The van der Waals surface area contributed by atoms with Crippen molar-refractivity contribution in [1.29, 1.82) is 0 Å². The molecule has 0 fully saturated rings. The van der Waals surface area contributed by atoms with Crippen LogP contribution in [0.25, 0.3) is 11.0 Å². The van der Waals surface area contributed by atoms with Crippen LogP contribution in [0, 0.1) is 6.92 Å². The zero-order valence-electron chi connectivity index (χ0n) is 12.7. The molecular formula is C17H24N2O2. The monoisotopic (exact) mass is 288 g/mol. The van der Waals surface area contributed by atoms with Crippen LogP contribution < -0.4 is 11.1 Å². The van der Waals surface area contributed by atoms with Gasteiger partial charge >= 0.3 is 0 Å². The molecule has 0 saturated heterocycles. The van der Waals surface area contributed by atoms with Gasteiger partial charge in [0.25, 0.3) is 0 Å². The van der Waals surface area contributed by atoms with Gasteiger partial charge in [-0.15, -0.1) is 0 Å². The Morgan fingerprint density at radius 2 is 1.95 bits per heavy atom. The summed E-state index contributed by atoms with van der Waals surface area (Å²) >= 11 is 0. The fraction of sp³-hybridized carbons (Fsp3) is 0.471. The standard InChI is InChI=1S/C17H24N2O2/c1-13-14-8-5-6-9-15(14)21-16(13)12-19-17(20)10-4-2-3-7-11-18/h5-6,8-9H,2-4,7,10-12,18H2,1H3,(H,19,20). The highest BCUT2D eigenvalue weighted by Crippen LogP contribution is 2.24. The zero-order valence-corrected chi connectivity index (χ0v) is 12.7. The third-order valence-corrected chi connectivity index (χ3v) is 3.75. The maximum absolute atomic E-state index is 11.8. The van der Waals surface area contributed by atoms with Crippen molar-refractivity contribution < 1.29 is 9.21 Å². The number of furan rings is 1. The molecule has 114 valence electrons. The number of hydrogen-bond acceptors (Lipinski definition) is 3. The van der Waals surface area contributed by atoms with Crippen LogP contribution >= 0.6 is 0 Å². The second kappa shape index (κ2) is 7.84. The molecule has 21 heavy (non-hydrogen) atoms. The molecule has 4 heteroatoms. The first-order valence-corrected chi connectivity index (χ1v) is 7.66. The van der Waals surface area contributed by atoms with E-state index in [0.29, 0.717) is 13.0 Å². The predicted molar refractivity (Wildman–Crippen MR) is 84.9 cm³/mol. The Bertz CT molecular complexity index is 589. The molecular weight excluding hydrogens is 264 g/mol. The fourth-order valence-electron chi connectivity index (χ4n) is 2.44. The number of amides is 1. The number of benzene rings is 1. The summed E-state index contributed by atoms with van der Waals surface area (Å²) in [6.45, 7) is 3.22. The molecule has 0 aliphatic heterocycles. The van der Waals surface area contributed by atoms with Crippen LogP contribution in [-0.2, 0) is 11.3 Å². The molecule has 1 amide bonds. The van der Waals surface area contributed by atoms with E-state index in [9.17, 15) is 4.79 Å². The van der Waals surface area contributed by atoms with Gasteiger partial charge in [0.2, 0.25) is 5.91 Å². The minimum atomic E-state index is 0.0857. The van der Waals surface area contributed by atoms with Crippen LogP contribution in [0.2, 0.25) is 0 Å². The summed E-state index contributed by atoms with van der Waals surface area (Å²) < 4.78 is 5.78. The molecule has 0 radical (unpaired) electrons. The molecule has 4 nitrogen and oxygen atoms in total. The number of para-hydroxylation sites is 1. The lowest BCUT2D eigenvalue weighted by Gasteiger charge is -2.04. The number of unbranched alkanes of at least 4 members (excludes halogenated alkanes) is 3. The third-order valence-electron chi connectivity index (χ3n) is 3.75. The molecule has 2 aromatic rings. The first-order valence-electron chi connectivity index (χ1n) is 7.66. The Kier molecular flexibility index (Phi) is 5.81. The smallest absolute Gasteiger partial charge is 0.220 e. The van der Waals surface area contributed by atoms with Crippen LogP contribution in [0.15, 0.2) is 28.7 Å². The largest absolute Gasteiger partial charge is 0.459 e. The van der Waals surface area contributed by atoms with Crippen molar-refractivity contribution in [3.63, 3.8) is 0 Å². The van der Waals surface area contributed by atoms with Gasteiger partial charge in [-0.3, -0.25) is 4.79 Å². The Labute approximate surface area is 125 Å². The molecule has 1 aromatic carbocycles. The van der Waals surface area contributed by atoms with Crippen molar-refractivity contribution in [3.8, 4) is 0 Å². The fourth-order valence-corrected chi connectivity index (χ4v) is 2.44. The van der Waals surface area contributed by atoms with E-state index in [1.165, 1.54) is 0 Å². The molecule has 1 heterocycles. The van der Waals surface area contributed by atoms with Crippen molar-refractivity contribution in [3.05, 3.63) is 35.6 Å². The molecule has 0 saturated carbocycles. The highest BCUT2D eigenvalue weighted by Gasteiger charge is 2.10. The van der Waals surface area contributed by atoms with Gasteiger partial charge in [0.05, 0.1) is 6.54 Å². The van der Waals surface area contributed by atoms with E-state index in [4.69, 9.17) is 10.2 Å². The summed E-state index contributed by atoms with van der Waals surface area (Å²) in [7, 11) is 0. The summed E-state index contributed by atoms with van der Waals surface area (Å²) in [5.41, 5.74) is 7.42. The quantitative estimate of drug-likeness (QED) is 0.732. The van der Waals surface area contributed by atoms with Crippen molar-refractivity contribution in [1.82, 2.24) is 5.32 Å². The molecule has 2 rings (SSSR count). The maximum Gasteiger partial charge on any atom is 0.220 e. The lowest BCUT2D eigenvalue weighted by atomic mass is 10.1. The van der Waals surface area contributed by atoms with Gasteiger partial charge in [-0.2, -0.15) is 0 Å². The van der Waals surface area contributed by atoms with Crippen molar-refractivity contribution >= 4 is 16.9 Å². The Morgan fingerprint density at radius 3 is 2.71 bits per heavy atom. The van der Waals surface area contributed by atoms with Gasteiger partial charge in [0.1, 0.15) is 11.3 Å². The minimum absolute atomic E-state index is 0.0857. The zero-order chi connectivity index (χ0) is 15.1. The number of carbonyl (C=O) groups excluding carboxylic acids is 1. The van der Waals surface area contributed by atoms with E-state index in [2.05, 4.69) is 5.32 Å². The van der Waals surface area contributed by atoms with Crippen molar-refractivity contribution in [2.24, 2.45) is 5.73 Å². The van der Waals surface area contributed by atoms with Crippen LogP contribution in [0.4, 0.5) is 0 Å². The summed E-state index contributed by atoms with van der Waals surface area (Å²) in [4.78, 5) is 11.8. The van der Waals surface area contributed by atoms with Crippen LogP contribution in [0.3, 0.4) is 0 Å². The van der Waals surface area contributed by atoms with Gasteiger partial charge in [-0.05, 0) is 32.4 Å². The number of rotatable bonds is 8. The minimum Gasteiger partial charge on any atom is -0.459 e. The Hall–Kier alpha value is -1.81. The molecule has 0 spiro atoms. The summed E-state index contributed by atoms with van der Waals surface area (Å²) in [5.74, 6) is 0.926. The lowest BCUT2D eigenvalue weighted by molar-refractivity contribution is -0.121. The number of fused-ring (bicyclic) bond motifs is 1. The normalized spacial score (nSPS) is 11.0. The van der Waals surface area contributed by atoms with Crippen molar-refractivity contribution in [2.45, 2.75) is 45.6 Å². The number of hydrogen-bond donors (Lipinski definition) is 2. The van der Waals surface area contributed by atoms with E-state index in [-0.39, 0.29) is 5.91 Å². The van der Waals surface area contributed by atoms with E-state index < -0.39 is 0 Å². The van der Waals surface area contributed by atoms with Gasteiger partial charge in [-0.1, -0.05) is 31.0 Å². The number of nitrogens with one attached hydrogen (secondary N) is 1. The maximum atomic E-state index is 11.8. The molecule has 0 aliphatic carbocycles. The average Bonchev–Trinajstić information content (AvgIpc) is 2.82. The van der Waals surface area contributed by atoms with E-state index in [1.54, 1.807) is 0 Å². The first kappa shape index (κ1) is 15.6. The van der Waals surface area contributed by atoms with E-state index >= 15 is 0 Å². The van der Waals surface area contributed by atoms with Crippen LogP contribution in [-0.4, -0.2) is 12.5 Å². The first-order chi connectivity index (χ1) is 10.2. The number of nitrogens with two attached hydrogens (primary N) is 1. The third kappa shape index (κ3) is 4.33. The second-order valence-corrected chi connectivity index (χ2v) is 5.38. The van der Waals surface area contributed by atoms with Gasteiger partial charge in [0.15, 0.2) is 0 Å². The van der Waals surface area contributed by atoms with E-state index in [0.717, 1.165) is 54.5 Å². The SMILES string of the molecule is Cc1c(CNC(=O)CCCCCCN)oc2ccccc12. The topological polar surface area (TPSA) is 68.3 Å². The van der Waals surface area contributed by atoms with Crippen LogP contribution in [0.1, 0.15) is 43.4 Å². The Balaban J connectivity index is 1.79. The van der Waals surface area contributed by atoms with Gasteiger partial charge in [-0.25, -0.2) is 0 Å². The Morgan fingerprint density at radius 1 is 1.19 bits per heavy atom. The van der Waals surface area contributed by atoms with Gasteiger partial charge < -0.3 is 15.5 Å².